The van der Waals surface area contributed by atoms with Gasteiger partial charge in [-0.3, -0.25) is 9.59 Å². The lowest BCUT2D eigenvalue weighted by molar-refractivity contribution is -0.143. The number of para-hydroxylation sites is 1. The molecule has 0 aliphatic heterocycles. The molecule has 1 aromatic heterocycles. The van der Waals surface area contributed by atoms with Gasteiger partial charge in [0, 0.05) is 11.4 Å². The van der Waals surface area contributed by atoms with Gasteiger partial charge in [0.15, 0.2) is 0 Å². The molecular formula is C25H24N4O3. The van der Waals surface area contributed by atoms with Crippen LogP contribution < -0.4 is 11.1 Å². The third-order valence-electron chi connectivity index (χ3n) is 5.22. The Bertz CT molecular complexity index is 1250. The SMILES string of the molecule is CCOC(=O)CC(c1ccccc1)n1cnc2cc(NC(=O)c3ccccc3N)ccc21. The Morgan fingerprint density at radius 3 is 2.56 bits per heavy atom. The molecule has 1 heterocycles. The molecule has 4 rings (SSSR count). The summed E-state index contributed by atoms with van der Waals surface area (Å²) in [5.74, 6) is -0.557. The standard InChI is InChI=1S/C25H24N4O3/c1-2-32-24(30)15-23(17-8-4-3-5-9-17)29-16-27-21-14-18(12-13-22(21)29)28-25(31)19-10-6-7-11-20(19)26/h3-14,16,23H,2,15,26H2,1H3,(H,28,31). The molecular weight excluding hydrogens is 404 g/mol. The summed E-state index contributed by atoms with van der Waals surface area (Å²) in [6.45, 7) is 2.13. The summed E-state index contributed by atoms with van der Waals surface area (Å²) < 4.78 is 7.15. The van der Waals surface area contributed by atoms with Crippen LogP contribution in [-0.4, -0.2) is 28.0 Å². The highest BCUT2D eigenvalue weighted by atomic mass is 16.5. The molecule has 0 saturated carbocycles. The van der Waals surface area contributed by atoms with Gasteiger partial charge in [0.1, 0.15) is 0 Å². The average Bonchev–Trinajstić information content (AvgIpc) is 3.21. The lowest BCUT2D eigenvalue weighted by atomic mass is 10.0. The third kappa shape index (κ3) is 4.46. The van der Waals surface area contributed by atoms with Crippen LogP contribution in [0.5, 0.6) is 0 Å². The summed E-state index contributed by atoms with van der Waals surface area (Å²) in [7, 11) is 0. The van der Waals surface area contributed by atoms with Gasteiger partial charge in [-0.2, -0.15) is 0 Å². The van der Waals surface area contributed by atoms with E-state index in [1.165, 1.54) is 0 Å². The quantitative estimate of drug-likeness (QED) is 0.335. The van der Waals surface area contributed by atoms with E-state index < -0.39 is 0 Å². The second kappa shape index (κ2) is 9.34. The largest absolute Gasteiger partial charge is 0.466 e. The lowest BCUT2D eigenvalue weighted by Crippen LogP contribution is -2.16. The Morgan fingerprint density at radius 1 is 1.06 bits per heavy atom. The second-order valence-electron chi connectivity index (χ2n) is 7.33. The van der Waals surface area contributed by atoms with E-state index in [4.69, 9.17) is 10.5 Å². The maximum absolute atomic E-state index is 12.6. The summed E-state index contributed by atoms with van der Waals surface area (Å²) in [4.78, 5) is 29.4. The number of aromatic nitrogens is 2. The van der Waals surface area contributed by atoms with Gasteiger partial charge in [-0.1, -0.05) is 42.5 Å². The van der Waals surface area contributed by atoms with Crippen molar-refractivity contribution in [3.8, 4) is 0 Å². The van der Waals surface area contributed by atoms with Gasteiger partial charge >= 0.3 is 5.97 Å². The summed E-state index contributed by atoms with van der Waals surface area (Å²) >= 11 is 0. The summed E-state index contributed by atoms with van der Waals surface area (Å²) in [5.41, 5.74) is 9.88. The second-order valence-corrected chi connectivity index (χ2v) is 7.33. The molecule has 1 unspecified atom stereocenters. The van der Waals surface area contributed by atoms with E-state index in [-0.39, 0.29) is 24.3 Å². The number of fused-ring (bicyclic) bond motifs is 1. The van der Waals surface area contributed by atoms with Gasteiger partial charge in [0.05, 0.1) is 42.0 Å². The maximum atomic E-state index is 12.6. The van der Waals surface area contributed by atoms with Crippen LogP contribution in [0.4, 0.5) is 11.4 Å². The first kappa shape index (κ1) is 21.1. The molecule has 0 saturated heterocycles. The molecule has 1 atom stereocenters. The predicted octanol–water partition coefficient (Wildman–Crippen LogP) is 4.41. The zero-order chi connectivity index (χ0) is 22.5. The van der Waals surface area contributed by atoms with Crippen molar-refractivity contribution >= 4 is 34.3 Å². The summed E-state index contributed by atoms with van der Waals surface area (Å²) in [6.07, 6.45) is 1.90. The average molecular weight is 428 g/mol. The fourth-order valence-corrected chi connectivity index (χ4v) is 3.69. The smallest absolute Gasteiger partial charge is 0.308 e. The van der Waals surface area contributed by atoms with E-state index in [9.17, 15) is 9.59 Å². The number of hydrogen-bond donors (Lipinski definition) is 2. The zero-order valence-corrected chi connectivity index (χ0v) is 17.7. The number of nitrogens with zero attached hydrogens (tertiary/aromatic N) is 2. The predicted molar refractivity (Wildman–Crippen MR) is 124 cm³/mol. The molecule has 0 spiro atoms. The van der Waals surface area contributed by atoms with E-state index in [1.807, 2.05) is 47.0 Å². The van der Waals surface area contributed by atoms with E-state index in [1.54, 1.807) is 43.6 Å². The molecule has 0 fully saturated rings. The fraction of sp³-hybridized carbons (Fsp3) is 0.160. The molecule has 7 nitrogen and oxygen atoms in total. The highest BCUT2D eigenvalue weighted by molar-refractivity contribution is 6.08. The summed E-state index contributed by atoms with van der Waals surface area (Å²) in [6, 6.07) is 21.9. The van der Waals surface area contributed by atoms with Crippen molar-refractivity contribution < 1.29 is 14.3 Å². The molecule has 3 aromatic carbocycles. The van der Waals surface area contributed by atoms with E-state index in [0.29, 0.717) is 29.1 Å². The van der Waals surface area contributed by atoms with Crippen LogP contribution >= 0.6 is 0 Å². The van der Waals surface area contributed by atoms with Crippen LogP contribution in [0.25, 0.3) is 11.0 Å². The van der Waals surface area contributed by atoms with Crippen LogP contribution in [0.15, 0.2) is 79.1 Å². The van der Waals surface area contributed by atoms with E-state index in [0.717, 1.165) is 11.1 Å². The van der Waals surface area contributed by atoms with E-state index >= 15 is 0 Å². The van der Waals surface area contributed by atoms with Gasteiger partial charge < -0.3 is 20.4 Å². The first-order valence-corrected chi connectivity index (χ1v) is 10.4. The van der Waals surface area contributed by atoms with Crippen LogP contribution in [0, 0.1) is 0 Å². The van der Waals surface area contributed by atoms with Crippen molar-refractivity contribution in [1.29, 1.82) is 0 Å². The Labute approximate surface area is 185 Å². The van der Waals surface area contributed by atoms with Crippen LogP contribution in [-0.2, 0) is 9.53 Å². The van der Waals surface area contributed by atoms with E-state index in [2.05, 4.69) is 10.3 Å². The number of anilines is 2. The Hall–Kier alpha value is -4.13. The minimum absolute atomic E-state index is 0.190. The summed E-state index contributed by atoms with van der Waals surface area (Å²) in [5, 5.41) is 2.87. The maximum Gasteiger partial charge on any atom is 0.308 e. The number of hydrogen-bond acceptors (Lipinski definition) is 5. The van der Waals surface area contributed by atoms with Gasteiger partial charge in [-0.15, -0.1) is 0 Å². The highest BCUT2D eigenvalue weighted by Crippen LogP contribution is 2.28. The molecule has 4 aromatic rings. The van der Waals surface area contributed by atoms with Crippen LogP contribution in [0.1, 0.15) is 35.3 Å². The number of esters is 1. The van der Waals surface area contributed by atoms with Crippen molar-refractivity contribution in [2.24, 2.45) is 0 Å². The minimum atomic E-state index is -0.286. The van der Waals surface area contributed by atoms with Crippen molar-refractivity contribution in [2.45, 2.75) is 19.4 Å². The molecule has 7 heteroatoms. The van der Waals surface area contributed by atoms with Crippen LogP contribution in [0.2, 0.25) is 0 Å². The van der Waals surface area contributed by atoms with Gasteiger partial charge in [0.2, 0.25) is 0 Å². The van der Waals surface area contributed by atoms with Crippen molar-refractivity contribution in [2.75, 3.05) is 17.7 Å². The number of nitrogens with two attached hydrogens (primary N) is 1. The monoisotopic (exact) mass is 428 g/mol. The lowest BCUT2D eigenvalue weighted by Gasteiger charge is -2.19. The fourth-order valence-electron chi connectivity index (χ4n) is 3.69. The molecule has 32 heavy (non-hydrogen) atoms. The normalized spacial score (nSPS) is 11.8. The molecule has 162 valence electrons. The Kier molecular flexibility index (Phi) is 6.17. The number of carbonyl (C=O) groups is 2. The van der Waals surface area contributed by atoms with Crippen LogP contribution in [0.3, 0.4) is 0 Å². The van der Waals surface area contributed by atoms with Gasteiger partial charge in [-0.05, 0) is 42.8 Å². The van der Waals surface area contributed by atoms with Crippen molar-refractivity contribution in [1.82, 2.24) is 9.55 Å². The van der Waals surface area contributed by atoms with Gasteiger partial charge in [-0.25, -0.2) is 4.98 Å². The number of carbonyl (C=O) groups excluding carboxylic acids is 2. The van der Waals surface area contributed by atoms with Crippen molar-refractivity contribution in [3.63, 3.8) is 0 Å². The number of benzene rings is 3. The number of imidazole rings is 1. The Morgan fingerprint density at radius 2 is 1.81 bits per heavy atom. The first-order chi connectivity index (χ1) is 15.6. The minimum Gasteiger partial charge on any atom is -0.466 e. The number of amides is 1. The third-order valence-corrected chi connectivity index (χ3v) is 5.22. The molecule has 0 radical (unpaired) electrons. The van der Waals surface area contributed by atoms with Crippen molar-refractivity contribution in [3.05, 3.63) is 90.3 Å². The number of rotatable bonds is 7. The number of nitrogen functional groups attached to an aromatic ring is 1. The molecule has 3 N–H and O–H groups in total. The highest BCUT2D eigenvalue weighted by Gasteiger charge is 2.21. The number of ether oxygens (including phenoxy) is 1. The molecule has 1 amide bonds. The topological polar surface area (TPSA) is 99.2 Å². The molecule has 0 bridgehead atoms. The first-order valence-electron chi connectivity index (χ1n) is 10.4. The van der Waals surface area contributed by atoms with Gasteiger partial charge in [0.25, 0.3) is 5.91 Å². The molecule has 0 aliphatic carbocycles. The molecule has 0 aliphatic rings. The zero-order valence-electron chi connectivity index (χ0n) is 17.7. The Balaban J connectivity index is 1.64. The number of nitrogens with one attached hydrogen (secondary N) is 1.